The van der Waals surface area contributed by atoms with Gasteiger partial charge < -0.3 is 15.3 Å². The van der Waals surface area contributed by atoms with Crippen LogP contribution in [0.25, 0.3) is 0 Å². The van der Waals surface area contributed by atoms with Gasteiger partial charge in [0.1, 0.15) is 6.61 Å². The summed E-state index contributed by atoms with van der Waals surface area (Å²) in [6, 6.07) is 9.83. The van der Waals surface area contributed by atoms with Gasteiger partial charge >= 0.3 is 5.97 Å². The van der Waals surface area contributed by atoms with E-state index in [4.69, 9.17) is 9.94 Å². The van der Waals surface area contributed by atoms with E-state index in [-0.39, 0.29) is 5.71 Å². The summed E-state index contributed by atoms with van der Waals surface area (Å²) < 4.78 is 0. The van der Waals surface area contributed by atoms with Gasteiger partial charge in [-0.05, 0) is 19.1 Å². The van der Waals surface area contributed by atoms with Crippen LogP contribution in [0.3, 0.4) is 0 Å². The molecule has 0 atom stereocenters. The number of oxime groups is 1. The van der Waals surface area contributed by atoms with Crippen LogP contribution in [0.15, 0.2) is 35.5 Å². The summed E-state index contributed by atoms with van der Waals surface area (Å²) in [4.78, 5) is 15.2. The van der Waals surface area contributed by atoms with Gasteiger partial charge in [0.15, 0.2) is 5.71 Å². The maximum atomic E-state index is 10.4. The van der Waals surface area contributed by atoms with E-state index in [0.29, 0.717) is 6.61 Å². The second-order valence-electron chi connectivity index (χ2n) is 3.46. The van der Waals surface area contributed by atoms with Crippen LogP contribution in [0.5, 0.6) is 0 Å². The summed E-state index contributed by atoms with van der Waals surface area (Å²) >= 11 is 0. The third-order valence-electron chi connectivity index (χ3n) is 2.03. The van der Waals surface area contributed by atoms with Crippen molar-refractivity contribution in [3.05, 3.63) is 30.3 Å². The van der Waals surface area contributed by atoms with Crippen molar-refractivity contribution in [1.82, 2.24) is 0 Å². The summed E-state index contributed by atoms with van der Waals surface area (Å²) in [6.45, 7) is 2.54. The number of nitrogens with zero attached hydrogens (tertiary/aromatic N) is 1. The number of para-hydroxylation sites is 1. The summed E-state index contributed by atoms with van der Waals surface area (Å²) in [6.07, 6.45) is 0.755. The fourth-order valence-corrected chi connectivity index (χ4v) is 1.11. The Hall–Kier alpha value is -2.04. The van der Waals surface area contributed by atoms with Crippen LogP contribution in [-0.2, 0) is 9.63 Å². The SMILES string of the molecule is CC(=NOCCCNc1ccccc1)C(=O)O. The van der Waals surface area contributed by atoms with Crippen LogP contribution in [0.1, 0.15) is 13.3 Å². The Morgan fingerprint density at radius 1 is 1.41 bits per heavy atom. The van der Waals surface area contributed by atoms with Crippen LogP contribution in [-0.4, -0.2) is 29.9 Å². The van der Waals surface area contributed by atoms with Crippen molar-refractivity contribution in [2.24, 2.45) is 5.16 Å². The van der Waals surface area contributed by atoms with E-state index in [9.17, 15) is 4.79 Å². The Morgan fingerprint density at radius 3 is 2.76 bits per heavy atom. The van der Waals surface area contributed by atoms with E-state index in [1.165, 1.54) is 6.92 Å². The largest absolute Gasteiger partial charge is 0.477 e. The van der Waals surface area contributed by atoms with Crippen molar-refractivity contribution in [2.45, 2.75) is 13.3 Å². The van der Waals surface area contributed by atoms with Crippen molar-refractivity contribution in [1.29, 1.82) is 0 Å². The smallest absolute Gasteiger partial charge is 0.353 e. The first-order valence-electron chi connectivity index (χ1n) is 5.39. The van der Waals surface area contributed by atoms with Crippen molar-refractivity contribution < 1.29 is 14.7 Å². The normalized spacial score (nSPS) is 11.0. The third kappa shape index (κ3) is 5.55. The van der Waals surface area contributed by atoms with E-state index in [2.05, 4.69) is 10.5 Å². The molecule has 0 aliphatic carbocycles. The fraction of sp³-hybridized carbons (Fsp3) is 0.333. The van der Waals surface area contributed by atoms with E-state index in [1.54, 1.807) is 0 Å². The lowest BCUT2D eigenvalue weighted by Crippen LogP contribution is -2.09. The minimum absolute atomic E-state index is 0.0407. The van der Waals surface area contributed by atoms with Gasteiger partial charge in [-0.15, -0.1) is 0 Å². The number of rotatable bonds is 7. The molecule has 0 aliphatic rings. The molecule has 92 valence electrons. The highest BCUT2D eigenvalue weighted by Crippen LogP contribution is 2.04. The third-order valence-corrected chi connectivity index (χ3v) is 2.03. The highest BCUT2D eigenvalue weighted by Gasteiger charge is 2.00. The molecular formula is C12H16N2O3. The van der Waals surface area contributed by atoms with Gasteiger partial charge in [-0.3, -0.25) is 0 Å². The van der Waals surface area contributed by atoms with E-state index in [1.807, 2.05) is 30.3 Å². The topological polar surface area (TPSA) is 70.9 Å². The molecule has 0 aliphatic heterocycles. The molecule has 0 bridgehead atoms. The number of carbonyl (C=O) groups is 1. The van der Waals surface area contributed by atoms with E-state index >= 15 is 0 Å². The fourth-order valence-electron chi connectivity index (χ4n) is 1.11. The molecule has 0 saturated heterocycles. The molecule has 1 aromatic rings. The Bertz CT molecular complexity index is 377. The molecule has 0 fully saturated rings. The molecule has 17 heavy (non-hydrogen) atoms. The molecule has 0 saturated carbocycles. The Morgan fingerprint density at radius 2 is 2.12 bits per heavy atom. The number of anilines is 1. The number of benzene rings is 1. The highest BCUT2D eigenvalue weighted by atomic mass is 16.6. The van der Waals surface area contributed by atoms with Crippen molar-refractivity contribution in [3.8, 4) is 0 Å². The maximum absolute atomic E-state index is 10.4. The van der Waals surface area contributed by atoms with Crippen molar-refractivity contribution >= 4 is 17.4 Å². The first kappa shape index (κ1) is 13.0. The van der Waals surface area contributed by atoms with Crippen LogP contribution >= 0.6 is 0 Å². The van der Waals surface area contributed by atoms with Crippen LogP contribution in [0.4, 0.5) is 5.69 Å². The zero-order valence-electron chi connectivity index (χ0n) is 9.72. The lowest BCUT2D eigenvalue weighted by molar-refractivity contribution is -0.129. The summed E-state index contributed by atoms with van der Waals surface area (Å²) in [5.41, 5.74) is 1.01. The van der Waals surface area contributed by atoms with Gasteiger partial charge in [0.2, 0.25) is 0 Å². The van der Waals surface area contributed by atoms with Crippen molar-refractivity contribution in [3.63, 3.8) is 0 Å². The molecular weight excluding hydrogens is 220 g/mol. The quantitative estimate of drug-likeness (QED) is 0.431. The van der Waals surface area contributed by atoms with E-state index < -0.39 is 5.97 Å². The molecule has 0 aromatic heterocycles. The van der Waals surface area contributed by atoms with E-state index in [0.717, 1.165) is 18.7 Å². The molecule has 1 rings (SSSR count). The number of carboxylic acids is 1. The Labute approximate surface area is 100 Å². The van der Waals surface area contributed by atoms with Crippen LogP contribution in [0, 0.1) is 0 Å². The van der Waals surface area contributed by atoms with Crippen LogP contribution < -0.4 is 5.32 Å². The highest BCUT2D eigenvalue weighted by molar-refractivity contribution is 6.34. The average molecular weight is 236 g/mol. The second kappa shape index (κ2) is 7.27. The lowest BCUT2D eigenvalue weighted by Gasteiger charge is -2.05. The summed E-state index contributed by atoms with van der Waals surface area (Å²) in [7, 11) is 0. The molecule has 0 heterocycles. The van der Waals surface area contributed by atoms with Crippen molar-refractivity contribution in [2.75, 3.05) is 18.5 Å². The van der Waals surface area contributed by atoms with Gasteiger partial charge in [-0.1, -0.05) is 23.4 Å². The molecule has 0 amide bonds. The number of carboxylic acid groups (broad SMARTS) is 1. The first-order valence-corrected chi connectivity index (χ1v) is 5.39. The minimum Gasteiger partial charge on any atom is -0.477 e. The van der Waals surface area contributed by atoms with Gasteiger partial charge in [0, 0.05) is 18.7 Å². The first-order chi connectivity index (χ1) is 8.20. The predicted octanol–water partition coefficient (Wildman–Crippen LogP) is 1.97. The Kier molecular flexibility index (Phi) is 5.57. The average Bonchev–Trinajstić information content (AvgIpc) is 2.34. The van der Waals surface area contributed by atoms with Gasteiger partial charge in [-0.2, -0.15) is 0 Å². The summed E-state index contributed by atoms with van der Waals surface area (Å²) in [5, 5.41) is 15.2. The second-order valence-corrected chi connectivity index (χ2v) is 3.46. The molecule has 2 N–H and O–H groups in total. The Balaban J connectivity index is 2.10. The number of hydrogen-bond donors (Lipinski definition) is 2. The van der Waals surface area contributed by atoms with Gasteiger partial charge in [-0.25, -0.2) is 4.79 Å². The summed E-state index contributed by atoms with van der Waals surface area (Å²) in [5.74, 6) is -1.06. The number of aliphatic carboxylic acids is 1. The number of hydrogen-bond acceptors (Lipinski definition) is 4. The predicted molar refractivity (Wildman–Crippen MR) is 66.2 cm³/mol. The van der Waals surface area contributed by atoms with Gasteiger partial charge in [0.05, 0.1) is 0 Å². The standard InChI is InChI=1S/C12H16N2O3/c1-10(12(15)16)14-17-9-5-8-13-11-6-3-2-4-7-11/h2-4,6-7,13H,5,8-9H2,1H3,(H,15,16). The van der Waals surface area contributed by atoms with Gasteiger partial charge in [0.25, 0.3) is 0 Å². The molecule has 5 nitrogen and oxygen atoms in total. The molecule has 0 radical (unpaired) electrons. The maximum Gasteiger partial charge on any atom is 0.353 e. The minimum atomic E-state index is -1.06. The lowest BCUT2D eigenvalue weighted by atomic mass is 10.3. The molecule has 0 unspecified atom stereocenters. The zero-order valence-corrected chi connectivity index (χ0v) is 9.72. The zero-order chi connectivity index (χ0) is 12.5. The molecule has 0 spiro atoms. The molecule has 5 heteroatoms. The molecule has 1 aromatic carbocycles. The monoisotopic (exact) mass is 236 g/mol. The van der Waals surface area contributed by atoms with Crippen LogP contribution in [0.2, 0.25) is 0 Å². The number of nitrogens with one attached hydrogen (secondary N) is 1.